The first-order chi connectivity index (χ1) is 8.00. The summed E-state index contributed by atoms with van der Waals surface area (Å²) in [6.07, 6.45) is -0.791. The van der Waals surface area contributed by atoms with Gasteiger partial charge in [0.05, 0.1) is 12.3 Å². The van der Waals surface area contributed by atoms with Crippen LogP contribution in [0.25, 0.3) is 0 Å². The molecule has 98 valence electrons. The summed E-state index contributed by atoms with van der Waals surface area (Å²) in [6.45, 7) is 4.78. The van der Waals surface area contributed by atoms with Crippen LogP contribution in [-0.2, 0) is 4.79 Å². The monoisotopic (exact) mass is 243 g/mol. The van der Waals surface area contributed by atoms with Crippen LogP contribution >= 0.6 is 0 Å². The SMILES string of the molecule is CC(=O)NC1CCN(C2NCC(O)C2O)C1C. The van der Waals surface area contributed by atoms with E-state index in [9.17, 15) is 15.0 Å². The molecule has 0 spiro atoms. The van der Waals surface area contributed by atoms with E-state index in [0.717, 1.165) is 13.0 Å². The number of carbonyl (C=O) groups is 1. The number of hydrogen-bond donors (Lipinski definition) is 4. The maximum atomic E-state index is 11.1. The molecule has 5 atom stereocenters. The largest absolute Gasteiger partial charge is 0.389 e. The van der Waals surface area contributed by atoms with Crippen molar-refractivity contribution in [3.63, 3.8) is 0 Å². The Morgan fingerprint density at radius 1 is 1.47 bits per heavy atom. The van der Waals surface area contributed by atoms with Gasteiger partial charge in [0.2, 0.25) is 5.91 Å². The number of carbonyl (C=O) groups excluding carboxylic acids is 1. The zero-order valence-corrected chi connectivity index (χ0v) is 10.3. The fraction of sp³-hybridized carbons (Fsp3) is 0.909. The van der Waals surface area contributed by atoms with Crippen molar-refractivity contribution in [2.24, 2.45) is 0 Å². The zero-order valence-electron chi connectivity index (χ0n) is 10.3. The van der Waals surface area contributed by atoms with Gasteiger partial charge in [0.25, 0.3) is 0 Å². The maximum absolute atomic E-state index is 11.1. The quantitative estimate of drug-likeness (QED) is 0.461. The Labute approximate surface area is 101 Å². The van der Waals surface area contributed by atoms with Crippen molar-refractivity contribution in [3.05, 3.63) is 0 Å². The topological polar surface area (TPSA) is 84.8 Å². The lowest BCUT2D eigenvalue weighted by Gasteiger charge is -2.32. The zero-order chi connectivity index (χ0) is 12.6. The molecule has 4 N–H and O–H groups in total. The van der Waals surface area contributed by atoms with Gasteiger partial charge in [-0.05, 0) is 13.3 Å². The Morgan fingerprint density at radius 3 is 2.71 bits per heavy atom. The summed E-state index contributed by atoms with van der Waals surface area (Å²) in [5.41, 5.74) is 0. The van der Waals surface area contributed by atoms with E-state index in [4.69, 9.17) is 0 Å². The molecule has 17 heavy (non-hydrogen) atoms. The van der Waals surface area contributed by atoms with E-state index in [2.05, 4.69) is 15.5 Å². The van der Waals surface area contributed by atoms with Crippen LogP contribution in [0.2, 0.25) is 0 Å². The summed E-state index contributed by atoms with van der Waals surface area (Å²) in [6, 6.07) is 0.288. The van der Waals surface area contributed by atoms with Crippen molar-refractivity contribution in [2.45, 2.75) is 50.7 Å². The van der Waals surface area contributed by atoms with E-state index in [1.165, 1.54) is 6.92 Å². The predicted octanol–water partition coefficient (Wildman–Crippen LogP) is -1.76. The second-order valence-corrected chi connectivity index (χ2v) is 4.99. The molecule has 0 aromatic carbocycles. The second-order valence-electron chi connectivity index (χ2n) is 4.99. The van der Waals surface area contributed by atoms with Crippen LogP contribution in [0.1, 0.15) is 20.3 Å². The fourth-order valence-corrected chi connectivity index (χ4v) is 2.82. The van der Waals surface area contributed by atoms with E-state index in [1.54, 1.807) is 0 Å². The van der Waals surface area contributed by atoms with Gasteiger partial charge in [-0.2, -0.15) is 0 Å². The van der Waals surface area contributed by atoms with Crippen LogP contribution in [-0.4, -0.2) is 64.6 Å². The maximum Gasteiger partial charge on any atom is 0.217 e. The highest BCUT2D eigenvalue weighted by atomic mass is 16.3. The third-order valence-electron chi connectivity index (χ3n) is 3.80. The smallest absolute Gasteiger partial charge is 0.217 e. The van der Waals surface area contributed by atoms with Crippen molar-refractivity contribution < 1.29 is 15.0 Å². The summed E-state index contributed by atoms with van der Waals surface area (Å²) in [4.78, 5) is 13.2. The van der Waals surface area contributed by atoms with E-state index in [1.807, 2.05) is 6.92 Å². The highest BCUT2D eigenvalue weighted by molar-refractivity contribution is 5.73. The Balaban J connectivity index is 1.97. The Hall–Kier alpha value is -0.690. The van der Waals surface area contributed by atoms with Crippen LogP contribution in [0.15, 0.2) is 0 Å². The van der Waals surface area contributed by atoms with Gasteiger partial charge >= 0.3 is 0 Å². The van der Waals surface area contributed by atoms with Crippen molar-refractivity contribution in [2.75, 3.05) is 13.1 Å². The van der Waals surface area contributed by atoms with Gasteiger partial charge in [-0.1, -0.05) is 0 Å². The highest BCUT2D eigenvalue weighted by Gasteiger charge is 2.43. The number of β-amino-alcohol motifs (C(OH)–C–C–N with tert-alkyl or cyclic N) is 1. The molecule has 6 heteroatoms. The number of hydrogen-bond acceptors (Lipinski definition) is 5. The van der Waals surface area contributed by atoms with Gasteiger partial charge in [0, 0.05) is 32.1 Å². The molecule has 1 amide bonds. The number of rotatable bonds is 2. The number of likely N-dealkylation sites (tertiary alicyclic amines) is 1. The molecule has 6 nitrogen and oxygen atoms in total. The molecule has 2 heterocycles. The third-order valence-corrected chi connectivity index (χ3v) is 3.80. The van der Waals surface area contributed by atoms with E-state index in [-0.39, 0.29) is 24.2 Å². The molecular weight excluding hydrogens is 222 g/mol. The minimum absolute atomic E-state index is 0.0244. The van der Waals surface area contributed by atoms with E-state index >= 15 is 0 Å². The molecule has 5 unspecified atom stereocenters. The van der Waals surface area contributed by atoms with Crippen molar-refractivity contribution in [3.8, 4) is 0 Å². The minimum atomic E-state index is -0.756. The van der Waals surface area contributed by atoms with Crippen LogP contribution in [0.3, 0.4) is 0 Å². The van der Waals surface area contributed by atoms with Crippen LogP contribution in [0.5, 0.6) is 0 Å². The Bertz CT molecular complexity index is 300. The molecule has 0 saturated carbocycles. The molecule has 2 aliphatic heterocycles. The number of nitrogens with one attached hydrogen (secondary N) is 2. The molecule has 2 aliphatic rings. The Kier molecular flexibility index (Phi) is 3.67. The molecule has 0 radical (unpaired) electrons. The summed E-state index contributed by atoms with van der Waals surface area (Å²) < 4.78 is 0. The lowest BCUT2D eigenvalue weighted by molar-refractivity contribution is -0.119. The van der Waals surface area contributed by atoms with E-state index in [0.29, 0.717) is 6.54 Å². The Morgan fingerprint density at radius 2 is 2.18 bits per heavy atom. The van der Waals surface area contributed by atoms with Crippen LogP contribution < -0.4 is 10.6 Å². The first-order valence-corrected chi connectivity index (χ1v) is 6.13. The number of amides is 1. The molecular formula is C11H21N3O3. The van der Waals surface area contributed by atoms with Crippen molar-refractivity contribution in [1.82, 2.24) is 15.5 Å². The van der Waals surface area contributed by atoms with Gasteiger partial charge < -0.3 is 15.5 Å². The third kappa shape index (κ3) is 2.44. The first-order valence-electron chi connectivity index (χ1n) is 6.13. The normalized spacial score (nSPS) is 42.9. The molecule has 0 aromatic heterocycles. The summed E-state index contributed by atoms with van der Waals surface area (Å²) >= 11 is 0. The van der Waals surface area contributed by atoms with Crippen molar-refractivity contribution >= 4 is 5.91 Å². The summed E-state index contributed by atoms with van der Waals surface area (Å²) in [5, 5.41) is 25.4. The highest BCUT2D eigenvalue weighted by Crippen LogP contribution is 2.24. The predicted molar refractivity (Wildman–Crippen MR) is 62.2 cm³/mol. The fourth-order valence-electron chi connectivity index (χ4n) is 2.82. The lowest BCUT2D eigenvalue weighted by Crippen LogP contribution is -2.53. The number of aliphatic hydroxyl groups is 2. The molecule has 0 aliphatic carbocycles. The summed E-state index contributed by atoms with van der Waals surface area (Å²) in [7, 11) is 0. The number of aliphatic hydroxyl groups excluding tert-OH is 2. The average molecular weight is 243 g/mol. The molecule has 0 bridgehead atoms. The van der Waals surface area contributed by atoms with Gasteiger partial charge in [0.15, 0.2) is 0 Å². The molecule has 2 fully saturated rings. The number of nitrogens with zero attached hydrogens (tertiary/aromatic N) is 1. The molecule has 2 rings (SSSR count). The lowest BCUT2D eigenvalue weighted by atomic mass is 10.1. The van der Waals surface area contributed by atoms with Gasteiger partial charge in [-0.3, -0.25) is 15.0 Å². The minimum Gasteiger partial charge on any atom is -0.389 e. The second kappa shape index (κ2) is 4.89. The van der Waals surface area contributed by atoms with Crippen molar-refractivity contribution in [1.29, 1.82) is 0 Å². The van der Waals surface area contributed by atoms with Crippen LogP contribution in [0, 0.1) is 0 Å². The van der Waals surface area contributed by atoms with Crippen LogP contribution in [0.4, 0.5) is 0 Å². The average Bonchev–Trinajstić information content (AvgIpc) is 2.75. The molecule has 2 saturated heterocycles. The van der Waals surface area contributed by atoms with Gasteiger partial charge in [0.1, 0.15) is 6.10 Å². The van der Waals surface area contributed by atoms with Gasteiger partial charge in [-0.25, -0.2) is 0 Å². The van der Waals surface area contributed by atoms with Gasteiger partial charge in [-0.15, -0.1) is 0 Å². The summed E-state index contributed by atoms with van der Waals surface area (Å²) in [5.74, 6) is -0.0244. The first kappa shape index (κ1) is 12.8. The van der Waals surface area contributed by atoms with E-state index < -0.39 is 12.2 Å². The standard InChI is InChI=1S/C11H21N3O3/c1-6-8(13-7(2)15)3-4-14(6)11-10(17)9(16)5-12-11/h6,8-12,16-17H,3-5H2,1-2H3,(H,13,15). The molecule has 0 aromatic rings.